The van der Waals surface area contributed by atoms with Gasteiger partial charge in [0, 0.05) is 10.7 Å². The van der Waals surface area contributed by atoms with E-state index in [9.17, 15) is 12.8 Å². The van der Waals surface area contributed by atoms with Gasteiger partial charge in [-0.25, -0.2) is 12.8 Å². The molecular formula is C10H12ClFO3S. The summed E-state index contributed by atoms with van der Waals surface area (Å²) in [5.74, 6) is 0.471. The maximum Gasteiger partial charge on any atom is 0.261 e. The Bertz CT molecular complexity index is 485. The van der Waals surface area contributed by atoms with E-state index in [1.54, 1.807) is 19.9 Å². The molecular weight excluding hydrogens is 255 g/mol. The first-order valence-electron chi connectivity index (χ1n) is 4.61. The summed E-state index contributed by atoms with van der Waals surface area (Å²) in [5, 5.41) is 0. The third-order valence-electron chi connectivity index (χ3n) is 2.07. The monoisotopic (exact) mass is 266 g/mol. The van der Waals surface area contributed by atoms with E-state index in [1.807, 2.05) is 0 Å². The molecule has 0 spiro atoms. The zero-order valence-corrected chi connectivity index (χ0v) is 10.5. The zero-order chi connectivity index (χ0) is 12.3. The van der Waals surface area contributed by atoms with Crippen LogP contribution in [0.1, 0.15) is 11.1 Å². The summed E-state index contributed by atoms with van der Waals surface area (Å²) in [4.78, 5) is 0.0549. The van der Waals surface area contributed by atoms with Crippen LogP contribution in [0.15, 0.2) is 17.0 Å². The second-order valence-electron chi connectivity index (χ2n) is 3.36. The fourth-order valence-corrected chi connectivity index (χ4v) is 2.59. The number of hydrogen-bond donors (Lipinski definition) is 0. The fourth-order valence-electron chi connectivity index (χ4n) is 1.33. The lowest BCUT2D eigenvalue weighted by molar-refractivity contribution is 0.271. The highest BCUT2D eigenvalue weighted by atomic mass is 35.7. The largest absolute Gasteiger partial charge is 0.491 e. The Kier molecular flexibility index (Phi) is 4.15. The Labute approximate surface area is 98.6 Å². The molecule has 0 bridgehead atoms. The van der Waals surface area contributed by atoms with Gasteiger partial charge in [-0.1, -0.05) is 0 Å². The second kappa shape index (κ2) is 5.01. The van der Waals surface area contributed by atoms with Crippen molar-refractivity contribution in [3.8, 4) is 5.75 Å². The van der Waals surface area contributed by atoms with Crippen molar-refractivity contribution in [2.24, 2.45) is 0 Å². The van der Waals surface area contributed by atoms with E-state index in [4.69, 9.17) is 15.4 Å². The van der Waals surface area contributed by atoms with Crippen molar-refractivity contribution in [3.05, 3.63) is 23.3 Å². The van der Waals surface area contributed by atoms with Crippen LogP contribution in [-0.4, -0.2) is 21.7 Å². The SMILES string of the molecule is Cc1cc(S(=O)(=O)Cl)c(C)cc1OCCF. The maximum absolute atomic E-state index is 11.9. The molecule has 16 heavy (non-hydrogen) atoms. The first-order valence-corrected chi connectivity index (χ1v) is 6.92. The van der Waals surface area contributed by atoms with Crippen LogP contribution < -0.4 is 4.74 Å². The molecule has 1 aromatic rings. The van der Waals surface area contributed by atoms with Gasteiger partial charge in [-0.15, -0.1) is 0 Å². The minimum Gasteiger partial charge on any atom is -0.491 e. The maximum atomic E-state index is 11.9. The predicted octanol–water partition coefficient (Wildman–Crippen LogP) is 2.58. The van der Waals surface area contributed by atoms with Crippen LogP contribution in [0.4, 0.5) is 4.39 Å². The quantitative estimate of drug-likeness (QED) is 0.787. The summed E-state index contributed by atoms with van der Waals surface area (Å²) in [5.41, 5.74) is 1.09. The van der Waals surface area contributed by atoms with E-state index in [0.29, 0.717) is 16.9 Å². The van der Waals surface area contributed by atoms with Gasteiger partial charge in [-0.2, -0.15) is 0 Å². The second-order valence-corrected chi connectivity index (χ2v) is 5.89. The number of aryl methyl sites for hydroxylation is 2. The first kappa shape index (κ1) is 13.3. The molecule has 1 aromatic carbocycles. The molecule has 3 nitrogen and oxygen atoms in total. The van der Waals surface area contributed by atoms with Crippen molar-refractivity contribution in [2.45, 2.75) is 18.7 Å². The molecule has 90 valence electrons. The van der Waals surface area contributed by atoms with E-state index in [1.165, 1.54) is 6.07 Å². The predicted molar refractivity (Wildman–Crippen MR) is 60.4 cm³/mol. The van der Waals surface area contributed by atoms with Crippen molar-refractivity contribution in [1.82, 2.24) is 0 Å². The molecule has 0 fully saturated rings. The van der Waals surface area contributed by atoms with E-state index in [2.05, 4.69) is 0 Å². The molecule has 0 aliphatic carbocycles. The molecule has 0 radical (unpaired) electrons. The Hall–Kier alpha value is -0.810. The third kappa shape index (κ3) is 3.09. The summed E-state index contributed by atoms with van der Waals surface area (Å²) in [6, 6.07) is 2.96. The van der Waals surface area contributed by atoms with Crippen molar-refractivity contribution in [2.75, 3.05) is 13.3 Å². The Morgan fingerprint density at radius 1 is 1.31 bits per heavy atom. The van der Waals surface area contributed by atoms with Gasteiger partial charge in [0.05, 0.1) is 4.90 Å². The number of hydrogen-bond acceptors (Lipinski definition) is 3. The third-order valence-corrected chi connectivity index (χ3v) is 3.53. The highest BCUT2D eigenvalue weighted by Gasteiger charge is 2.15. The summed E-state index contributed by atoms with van der Waals surface area (Å²) < 4.78 is 39.5. The molecule has 0 aliphatic heterocycles. The molecule has 0 unspecified atom stereocenters. The van der Waals surface area contributed by atoms with Gasteiger partial charge < -0.3 is 4.74 Å². The number of benzene rings is 1. The van der Waals surface area contributed by atoms with Gasteiger partial charge in [-0.3, -0.25) is 0 Å². The first-order chi connectivity index (χ1) is 7.36. The van der Waals surface area contributed by atoms with Gasteiger partial charge in [0.1, 0.15) is 19.0 Å². The molecule has 0 saturated carbocycles. The van der Waals surface area contributed by atoms with Crippen molar-refractivity contribution in [3.63, 3.8) is 0 Å². The fraction of sp³-hybridized carbons (Fsp3) is 0.400. The lowest BCUT2D eigenvalue weighted by Crippen LogP contribution is -2.03. The van der Waals surface area contributed by atoms with E-state index < -0.39 is 15.7 Å². The lowest BCUT2D eigenvalue weighted by Gasteiger charge is -2.10. The number of ether oxygens (including phenoxy) is 1. The van der Waals surface area contributed by atoms with E-state index in [-0.39, 0.29) is 11.5 Å². The lowest BCUT2D eigenvalue weighted by atomic mass is 10.1. The van der Waals surface area contributed by atoms with Crippen LogP contribution in [-0.2, 0) is 9.05 Å². The number of alkyl halides is 1. The van der Waals surface area contributed by atoms with Crippen molar-refractivity contribution >= 4 is 19.7 Å². The van der Waals surface area contributed by atoms with Crippen LogP contribution >= 0.6 is 10.7 Å². The summed E-state index contributed by atoms with van der Waals surface area (Å²) >= 11 is 0. The highest BCUT2D eigenvalue weighted by Crippen LogP contribution is 2.27. The van der Waals surface area contributed by atoms with Gasteiger partial charge >= 0.3 is 0 Å². The van der Waals surface area contributed by atoms with Crippen LogP contribution in [0, 0.1) is 13.8 Å². The molecule has 0 aliphatic rings. The summed E-state index contributed by atoms with van der Waals surface area (Å²) in [6.07, 6.45) is 0. The molecule has 0 saturated heterocycles. The molecule has 0 aromatic heterocycles. The Morgan fingerprint density at radius 2 is 1.94 bits per heavy atom. The van der Waals surface area contributed by atoms with Gasteiger partial charge in [0.2, 0.25) is 0 Å². The van der Waals surface area contributed by atoms with E-state index >= 15 is 0 Å². The standard InChI is InChI=1S/C10H12ClFO3S/c1-7-6-10(16(11,13)14)8(2)5-9(7)15-4-3-12/h5-6H,3-4H2,1-2H3. The van der Waals surface area contributed by atoms with Crippen LogP contribution in [0.3, 0.4) is 0 Å². The normalized spacial score (nSPS) is 11.5. The van der Waals surface area contributed by atoms with Crippen LogP contribution in [0.2, 0.25) is 0 Å². The Morgan fingerprint density at radius 3 is 2.44 bits per heavy atom. The highest BCUT2D eigenvalue weighted by molar-refractivity contribution is 8.13. The molecule has 0 amide bonds. The molecule has 0 N–H and O–H groups in total. The minimum atomic E-state index is -3.75. The average molecular weight is 267 g/mol. The van der Waals surface area contributed by atoms with Gasteiger partial charge in [0.15, 0.2) is 0 Å². The van der Waals surface area contributed by atoms with Gasteiger partial charge in [0.25, 0.3) is 9.05 Å². The van der Waals surface area contributed by atoms with Crippen LogP contribution in [0.5, 0.6) is 5.75 Å². The zero-order valence-electron chi connectivity index (χ0n) is 8.96. The average Bonchev–Trinajstić information content (AvgIpc) is 2.17. The van der Waals surface area contributed by atoms with Crippen molar-refractivity contribution in [1.29, 1.82) is 0 Å². The molecule has 0 heterocycles. The Balaban J connectivity index is 3.17. The minimum absolute atomic E-state index is 0.0484. The molecule has 6 heteroatoms. The van der Waals surface area contributed by atoms with Crippen LogP contribution in [0.25, 0.3) is 0 Å². The summed E-state index contributed by atoms with van der Waals surface area (Å²) in [7, 11) is 1.51. The molecule has 1 rings (SSSR count). The summed E-state index contributed by atoms with van der Waals surface area (Å²) in [6.45, 7) is 2.65. The van der Waals surface area contributed by atoms with E-state index in [0.717, 1.165) is 0 Å². The number of rotatable bonds is 4. The number of halogens is 2. The van der Waals surface area contributed by atoms with Crippen molar-refractivity contribution < 1.29 is 17.5 Å². The topological polar surface area (TPSA) is 43.4 Å². The van der Waals surface area contributed by atoms with Gasteiger partial charge in [-0.05, 0) is 37.1 Å². The molecule has 0 atom stereocenters. The smallest absolute Gasteiger partial charge is 0.261 e.